The average Bonchev–Trinajstić information content (AvgIpc) is 2.93. The SMILES string of the molecule is C[C@@H]1[C@@H](O[Si](C)(C)C(C)(C)C)[C@H](C)C(=O)O[C@@H]1CCO[Si](c1ccccc1)(c1ccccc1)c1ccccc1. The summed E-state index contributed by atoms with van der Waals surface area (Å²) in [5.74, 6) is -0.367. The van der Waals surface area contributed by atoms with Gasteiger partial charge in [0.2, 0.25) is 0 Å². The molecule has 0 amide bonds. The van der Waals surface area contributed by atoms with Gasteiger partial charge >= 0.3 is 5.97 Å². The van der Waals surface area contributed by atoms with Crippen molar-refractivity contribution in [3.8, 4) is 0 Å². The monoisotopic (exact) mass is 560 g/mol. The molecule has 1 aliphatic heterocycles. The molecule has 0 aromatic heterocycles. The number of benzene rings is 3. The van der Waals surface area contributed by atoms with E-state index in [0.29, 0.717) is 13.0 Å². The van der Waals surface area contributed by atoms with Crippen molar-refractivity contribution in [2.45, 2.75) is 71.4 Å². The van der Waals surface area contributed by atoms with Crippen molar-refractivity contribution in [1.29, 1.82) is 0 Å². The van der Waals surface area contributed by atoms with Crippen molar-refractivity contribution in [2.24, 2.45) is 11.8 Å². The standard InChI is InChI=1S/C33H44O4Si2/c1-25-30(36-32(34)26(2)31(25)37-38(6,7)33(3,4)5)23-24-35-39(27-17-11-8-12-18-27,28-19-13-9-14-20-28)29-21-15-10-16-22-29/h8-22,25-26,30-31H,23-24H2,1-7H3/t25-,26-,30+,31+/m0/s1. The second kappa shape index (κ2) is 11.9. The van der Waals surface area contributed by atoms with Gasteiger partial charge in [-0.15, -0.1) is 0 Å². The Morgan fingerprint density at radius 1 is 0.769 bits per heavy atom. The van der Waals surface area contributed by atoms with Crippen LogP contribution in [0.2, 0.25) is 18.1 Å². The number of esters is 1. The maximum absolute atomic E-state index is 13.0. The Morgan fingerprint density at radius 2 is 1.21 bits per heavy atom. The zero-order valence-corrected chi connectivity index (χ0v) is 26.5. The van der Waals surface area contributed by atoms with Gasteiger partial charge in [0.1, 0.15) is 6.10 Å². The number of cyclic esters (lactones) is 1. The Bertz CT molecular complexity index is 1110. The van der Waals surface area contributed by atoms with E-state index in [1.54, 1.807) is 0 Å². The second-order valence-corrected chi connectivity index (χ2v) is 20.5. The van der Waals surface area contributed by atoms with E-state index in [2.05, 4.69) is 114 Å². The van der Waals surface area contributed by atoms with Gasteiger partial charge in [0.25, 0.3) is 8.32 Å². The van der Waals surface area contributed by atoms with Crippen LogP contribution in [0.25, 0.3) is 0 Å². The zero-order chi connectivity index (χ0) is 28.3. The molecule has 0 bridgehead atoms. The number of ether oxygens (including phenoxy) is 1. The molecule has 0 aliphatic carbocycles. The van der Waals surface area contributed by atoms with Crippen molar-refractivity contribution in [1.82, 2.24) is 0 Å². The Hall–Kier alpha value is -2.52. The zero-order valence-electron chi connectivity index (χ0n) is 24.5. The van der Waals surface area contributed by atoms with Crippen molar-refractivity contribution in [2.75, 3.05) is 6.61 Å². The Labute approximate surface area is 237 Å². The van der Waals surface area contributed by atoms with Crippen LogP contribution >= 0.6 is 0 Å². The fourth-order valence-corrected chi connectivity index (χ4v) is 10.7. The number of carbonyl (C=O) groups is 1. The molecule has 1 aliphatic rings. The molecule has 0 spiro atoms. The summed E-state index contributed by atoms with van der Waals surface area (Å²) >= 11 is 0. The fraction of sp³-hybridized carbons (Fsp3) is 0.424. The van der Waals surface area contributed by atoms with Crippen molar-refractivity contribution < 1.29 is 18.4 Å². The lowest BCUT2D eigenvalue weighted by Gasteiger charge is -2.46. The summed E-state index contributed by atoms with van der Waals surface area (Å²) < 4.78 is 19.9. The molecule has 3 aromatic carbocycles. The number of rotatable bonds is 9. The fourth-order valence-electron chi connectivity index (χ4n) is 5.31. The third-order valence-electron chi connectivity index (χ3n) is 8.74. The number of hydrogen-bond donors (Lipinski definition) is 0. The van der Waals surface area contributed by atoms with Gasteiger partial charge in [0, 0.05) is 18.9 Å². The highest BCUT2D eigenvalue weighted by Gasteiger charge is 2.48. The summed E-state index contributed by atoms with van der Waals surface area (Å²) in [6.45, 7) is 15.8. The lowest BCUT2D eigenvalue weighted by atomic mass is 9.85. The predicted molar refractivity (Wildman–Crippen MR) is 165 cm³/mol. The molecule has 208 valence electrons. The first kappa shape index (κ1) is 29.5. The van der Waals surface area contributed by atoms with Crippen LogP contribution in [0, 0.1) is 11.8 Å². The Kier molecular flexibility index (Phi) is 9.01. The minimum atomic E-state index is -2.81. The highest BCUT2D eigenvalue weighted by atomic mass is 28.4. The van der Waals surface area contributed by atoms with Crippen LogP contribution in [0.4, 0.5) is 0 Å². The minimum absolute atomic E-state index is 0.0681. The van der Waals surface area contributed by atoms with Gasteiger partial charge in [-0.1, -0.05) is 119 Å². The second-order valence-electron chi connectivity index (χ2n) is 12.4. The summed E-state index contributed by atoms with van der Waals surface area (Å²) in [5.41, 5.74) is 0. The maximum atomic E-state index is 13.0. The average molecular weight is 561 g/mol. The van der Waals surface area contributed by atoms with E-state index < -0.39 is 16.6 Å². The minimum Gasteiger partial charge on any atom is -0.462 e. The van der Waals surface area contributed by atoms with E-state index in [-0.39, 0.29) is 35.1 Å². The molecule has 4 atom stereocenters. The van der Waals surface area contributed by atoms with Crippen molar-refractivity contribution in [3.05, 3.63) is 91.0 Å². The molecule has 0 saturated carbocycles. The molecule has 4 nitrogen and oxygen atoms in total. The van der Waals surface area contributed by atoms with Gasteiger partial charge in [-0.05, 0) is 40.6 Å². The molecule has 3 aromatic rings. The quantitative estimate of drug-likeness (QED) is 0.193. The molecule has 4 rings (SSSR count). The van der Waals surface area contributed by atoms with Crippen molar-refractivity contribution in [3.63, 3.8) is 0 Å². The molecular weight excluding hydrogens is 517 g/mol. The lowest BCUT2D eigenvalue weighted by molar-refractivity contribution is -0.176. The summed E-state index contributed by atoms with van der Waals surface area (Å²) in [5, 5.41) is 3.66. The third-order valence-corrected chi connectivity index (χ3v) is 17.3. The molecule has 39 heavy (non-hydrogen) atoms. The smallest absolute Gasteiger partial charge is 0.311 e. The van der Waals surface area contributed by atoms with E-state index >= 15 is 0 Å². The van der Waals surface area contributed by atoms with Gasteiger partial charge in [0.05, 0.1) is 12.0 Å². The molecule has 0 unspecified atom stereocenters. The Morgan fingerprint density at radius 3 is 1.62 bits per heavy atom. The van der Waals surface area contributed by atoms with Crippen molar-refractivity contribution >= 4 is 38.2 Å². The molecular formula is C33H44O4Si2. The molecule has 0 N–H and O–H groups in total. The van der Waals surface area contributed by atoms with E-state index in [4.69, 9.17) is 13.6 Å². The maximum Gasteiger partial charge on any atom is 0.311 e. The first-order valence-corrected chi connectivity index (χ1v) is 19.0. The normalized spacial score (nSPS) is 22.4. The number of hydrogen-bond acceptors (Lipinski definition) is 4. The van der Waals surface area contributed by atoms with Gasteiger partial charge in [-0.25, -0.2) is 0 Å². The first-order valence-electron chi connectivity index (χ1n) is 14.2. The topological polar surface area (TPSA) is 44.8 Å². The van der Waals surface area contributed by atoms with Crippen LogP contribution in [0.5, 0.6) is 0 Å². The van der Waals surface area contributed by atoms with E-state index in [0.717, 1.165) is 0 Å². The first-order chi connectivity index (χ1) is 18.5. The van der Waals surface area contributed by atoms with Crippen LogP contribution in [0.15, 0.2) is 91.0 Å². The summed E-state index contributed by atoms with van der Waals surface area (Å²) in [6, 6.07) is 31.7. The van der Waals surface area contributed by atoms with E-state index in [1.165, 1.54) is 15.6 Å². The Balaban J connectivity index is 1.62. The van der Waals surface area contributed by atoms with Gasteiger partial charge in [0.15, 0.2) is 8.32 Å². The van der Waals surface area contributed by atoms with Crippen LogP contribution in [-0.2, 0) is 18.4 Å². The summed E-state index contributed by atoms with van der Waals surface area (Å²) in [7, 11) is -4.87. The summed E-state index contributed by atoms with van der Waals surface area (Å²) in [4.78, 5) is 13.0. The molecule has 6 heteroatoms. The largest absolute Gasteiger partial charge is 0.462 e. The third kappa shape index (κ3) is 6.14. The van der Waals surface area contributed by atoms with Crippen LogP contribution in [-0.4, -0.2) is 41.4 Å². The summed E-state index contributed by atoms with van der Waals surface area (Å²) in [6.07, 6.45) is 0.215. The highest BCUT2D eigenvalue weighted by Crippen LogP contribution is 2.41. The molecule has 0 radical (unpaired) electrons. The highest BCUT2D eigenvalue weighted by molar-refractivity contribution is 7.07. The lowest BCUT2D eigenvalue weighted by Crippen LogP contribution is -2.69. The van der Waals surface area contributed by atoms with Crippen LogP contribution in [0.1, 0.15) is 41.0 Å². The van der Waals surface area contributed by atoms with E-state index in [1.807, 2.05) is 25.1 Å². The predicted octanol–water partition coefficient (Wildman–Crippen LogP) is 5.65. The van der Waals surface area contributed by atoms with Gasteiger partial charge in [-0.2, -0.15) is 0 Å². The van der Waals surface area contributed by atoms with Gasteiger partial charge in [-0.3, -0.25) is 4.79 Å². The van der Waals surface area contributed by atoms with Gasteiger partial charge < -0.3 is 13.6 Å². The molecule has 1 fully saturated rings. The molecule has 1 saturated heterocycles. The number of carbonyl (C=O) groups excluding carboxylic acids is 1. The van der Waals surface area contributed by atoms with E-state index in [9.17, 15) is 4.79 Å². The van der Waals surface area contributed by atoms with Crippen LogP contribution < -0.4 is 15.6 Å². The van der Waals surface area contributed by atoms with Crippen LogP contribution in [0.3, 0.4) is 0 Å². The molecule has 1 heterocycles.